The van der Waals surface area contributed by atoms with Crippen LogP contribution in [0.1, 0.15) is 35.6 Å². The number of aryl methyl sites for hydroxylation is 1. The zero-order valence-electron chi connectivity index (χ0n) is 12.3. The normalized spacial score (nSPS) is 8.95. The Kier molecular flexibility index (Phi) is 5.37. The Hall–Kier alpha value is -3.02. The minimum Gasteiger partial charge on any atom is -0.206 e. The molecule has 0 atom stereocenters. The van der Waals surface area contributed by atoms with Gasteiger partial charge in [-0.25, -0.2) is 4.39 Å². The minimum atomic E-state index is -0.431. The van der Waals surface area contributed by atoms with Crippen LogP contribution < -0.4 is 0 Å². The maximum atomic E-state index is 13.9. The van der Waals surface area contributed by atoms with Crippen molar-refractivity contribution in [3.8, 4) is 29.8 Å². The molecule has 2 heteroatoms. The van der Waals surface area contributed by atoms with E-state index in [-0.39, 0.29) is 0 Å². The third kappa shape index (κ3) is 4.24. The van der Waals surface area contributed by atoms with Gasteiger partial charge in [0.25, 0.3) is 0 Å². The van der Waals surface area contributed by atoms with Crippen molar-refractivity contribution in [3.63, 3.8) is 0 Å². The fourth-order valence-corrected chi connectivity index (χ4v) is 1.98. The van der Waals surface area contributed by atoms with Gasteiger partial charge in [-0.15, -0.1) is 0 Å². The first kappa shape index (κ1) is 15.4. The lowest BCUT2D eigenvalue weighted by Gasteiger charge is -1.98. The van der Waals surface area contributed by atoms with Crippen molar-refractivity contribution in [1.82, 2.24) is 0 Å². The molecule has 106 valence electrons. The third-order valence-electron chi connectivity index (χ3n) is 3.07. The van der Waals surface area contributed by atoms with Crippen LogP contribution in [0, 0.1) is 40.8 Å². The van der Waals surface area contributed by atoms with Crippen molar-refractivity contribution in [2.75, 3.05) is 0 Å². The van der Waals surface area contributed by atoms with E-state index in [9.17, 15) is 4.39 Å². The highest BCUT2D eigenvalue weighted by Crippen LogP contribution is 2.10. The Morgan fingerprint density at radius 2 is 1.68 bits per heavy atom. The molecular formula is C20H14FN. The average molecular weight is 287 g/mol. The van der Waals surface area contributed by atoms with E-state index < -0.39 is 5.82 Å². The molecule has 0 heterocycles. The SMILES string of the molecule is CCCc1ccc(C#Cc2ccc(C#CC#N)cc2F)cc1. The monoisotopic (exact) mass is 287 g/mol. The molecule has 0 aromatic heterocycles. The lowest BCUT2D eigenvalue weighted by Crippen LogP contribution is -1.86. The Bertz CT molecular complexity index is 818. The highest BCUT2D eigenvalue weighted by Gasteiger charge is 1.99. The highest BCUT2D eigenvalue weighted by molar-refractivity contribution is 5.47. The standard InChI is InChI=1S/C20H14FN/c1-2-4-16-6-8-17(9-7-16)10-12-19-13-11-18(5-3-14-22)15-20(19)21/h6-9,11,13,15H,2,4H2,1H3. The van der Waals surface area contributed by atoms with Gasteiger partial charge in [-0.05, 0) is 42.3 Å². The molecule has 0 saturated carbocycles. The maximum absolute atomic E-state index is 13.9. The summed E-state index contributed by atoms with van der Waals surface area (Å²) in [6.07, 6.45) is 2.16. The van der Waals surface area contributed by atoms with Gasteiger partial charge in [0.1, 0.15) is 5.82 Å². The number of rotatable bonds is 2. The molecule has 0 aliphatic rings. The van der Waals surface area contributed by atoms with E-state index in [2.05, 4.69) is 30.6 Å². The Labute approximate surface area is 130 Å². The summed E-state index contributed by atoms with van der Waals surface area (Å²) in [5.41, 5.74) is 2.92. The summed E-state index contributed by atoms with van der Waals surface area (Å²) in [7, 11) is 0. The largest absolute Gasteiger partial charge is 0.206 e. The quantitative estimate of drug-likeness (QED) is 0.764. The van der Waals surface area contributed by atoms with Crippen molar-refractivity contribution in [2.45, 2.75) is 19.8 Å². The lowest BCUT2D eigenvalue weighted by molar-refractivity contribution is 0.624. The molecule has 0 saturated heterocycles. The van der Waals surface area contributed by atoms with Crippen molar-refractivity contribution < 1.29 is 4.39 Å². The van der Waals surface area contributed by atoms with E-state index in [1.54, 1.807) is 18.2 Å². The van der Waals surface area contributed by atoms with E-state index in [0.29, 0.717) is 11.1 Å². The van der Waals surface area contributed by atoms with Crippen molar-refractivity contribution in [1.29, 1.82) is 5.26 Å². The van der Waals surface area contributed by atoms with Crippen LogP contribution in [0.2, 0.25) is 0 Å². The fourth-order valence-electron chi connectivity index (χ4n) is 1.98. The molecular weight excluding hydrogens is 273 g/mol. The summed E-state index contributed by atoms with van der Waals surface area (Å²) in [6.45, 7) is 2.14. The van der Waals surface area contributed by atoms with Crippen LogP contribution in [-0.2, 0) is 6.42 Å². The van der Waals surface area contributed by atoms with Crippen LogP contribution in [0.3, 0.4) is 0 Å². The van der Waals surface area contributed by atoms with E-state index in [4.69, 9.17) is 5.26 Å². The van der Waals surface area contributed by atoms with Gasteiger partial charge in [-0.3, -0.25) is 0 Å². The van der Waals surface area contributed by atoms with Gasteiger partial charge in [0.15, 0.2) is 6.07 Å². The fraction of sp³-hybridized carbons (Fsp3) is 0.150. The third-order valence-corrected chi connectivity index (χ3v) is 3.07. The first-order chi connectivity index (χ1) is 10.7. The molecule has 0 aliphatic carbocycles. The number of halogens is 1. The van der Waals surface area contributed by atoms with E-state index in [1.807, 2.05) is 24.3 Å². The maximum Gasteiger partial charge on any atom is 0.152 e. The predicted octanol–water partition coefficient (Wildman–Crippen LogP) is 4.05. The molecule has 2 rings (SSSR count). The zero-order valence-corrected chi connectivity index (χ0v) is 12.3. The second-order valence-corrected chi connectivity index (χ2v) is 4.75. The molecule has 0 fully saturated rings. The molecule has 0 unspecified atom stereocenters. The predicted molar refractivity (Wildman–Crippen MR) is 85.3 cm³/mol. The smallest absolute Gasteiger partial charge is 0.152 e. The van der Waals surface area contributed by atoms with Crippen molar-refractivity contribution >= 4 is 0 Å². The van der Waals surface area contributed by atoms with E-state index >= 15 is 0 Å². The topological polar surface area (TPSA) is 23.8 Å². The van der Waals surface area contributed by atoms with Crippen LogP contribution in [0.15, 0.2) is 42.5 Å². The van der Waals surface area contributed by atoms with Crippen molar-refractivity contribution in [3.05, 3.63) is 70.5 Å². The summed E-state index contributed by atoms with van der Waals surface area (Å²) < 4.78 is 13.9. The molecule has 0 N–H and O–H groups in total. The molecule has 2 aromatic rings. The van der Waals surface area contributed by atoms with Crippen LogP contribution in [-0.4, -0.2) is 0 Å². The molecule has 0 amide bonds. The van der Waals surface area contributed by atoms with Crippen LogP contribution >= 0.6 is 0 Å². The first-order valence-electron chi connectivity index (χ1n) is 7.03. The van der Waals surface area contributed by atoms with Gasteiger partial charge in [0, 0.05) is 17.0 Å². The first-order valence-corrected chi connectivity index (χ1v) is 7.03. The average Bonchev–Trinajstić information content (AvgIpc) is 2.54. The van der Waals surface area contributed by atoms with Gasteiger partial charge in [0.05, 0.1) is 5.56 Å². The number of nitrogens with zero attached hydrogens (tertiary/aromatic N) is 1. The van der Waals surface area contributed by atoms with Gasteiger partial charge in [0.2, 0.25) is 0 Å². The Balaban J connectivity index is 2.19. The van der Waals surface area contributed by atoms with Crippen LogP contribution in [0.5, 0.6) is 0 Å². The second-order valence-electron chi connectivity index (χ2n) is 4.75. The summed E-state index contributed by atoms with van der Waals surface area (Å²) in [6, 6.07) is 14.2. The molecule has 0 bridgehead atoms. The van der Waals surface area contributed by atoms with Crippen LogP contribution in [0.4, 0.5) is 4.39 Å². The van der Waals surface area contributed by atoms with Crippen molar-refractivity contribution in [2.24, 2.45) is 0 Å². The van der Waals surface area contributed by atoms with Gasteiger partial charge < -0.3 is 0 Å². The summed E-state index contributed by atoms with van der Waals surface area (Å²) in [4.78, 5) is 0. The van der Waals surface area contributed by atoms with Gasteiger partial charge in [-0.2, -0.15) is 5.26 Å². The van der Waals surface area contributed by atoms with Gasteiger partial charge >= 0.3 is 0 Å². The Morgan fingerprint density at radius 3 is 2.32 bits per heavy atom. The summed E-state index contributed by atoms with van der Waals surface area (Å²) in [5.74, 6) is 10.1. The van der Waals surface area contributed by atoms with E-state index in [0.717, 1.165) is 18.4 Å². The molecule has 0 aliphatic heterocycles. The minimum absolute atomic E-state index is 0.320. The number of hydrogen-bond acceptors (Lipinski definition) is 1. The summed E-state index contributed by atoms with van der Waals surface area (Å²) in [5, 5.41) is 8.38. The molecule has 0 spiro atoms. The molecule has 0 radical (unpaired) electrons. The number of benzene rings is 2. The van der Waals surface area contributed by atoms with E-state index in [1.165, 1.54) is 11.6 Å². The number of nitriles is 1. The summed E-state index contributed by atoms with van der Waals surface area (Å²) >= 11 is 0. The highest BCUT2D eigenvalue weighted by atomic mass is 19.1. The zero-order chi connectivity index (χ0) is 15.8. The second kappa shape index (κ2) is 7.68. The van der Waals surface area contributed by atoms with Gasteiger partial charge in [-0.1, -0.05) is 43.2 Å². The number of hydrogen-bond donors (Lipinski definition) is 0. The molecule has 1 nitrogen and oxygen atoms in total. The lowest BCUT2D eigenvalue weighted by atomic mass is 10.1. The molecule has 22 heavy (non-hydrogen) atoms. The Morgan fingerprint density at radius 1 is 0.955 bits per heavy atom. The van der Waals surface area contributed by atoms with Crippen LogP contribution in [0.25, 0.3) is 0 Å². The molecule has 2 aromatic carbocycles.